The summed E-state index contributed by atoms with van der Waals surface area (Å²) in [6.45, 7) is 4.95. The molecule has 0 aromatic heterocycles. The van der Waals surface area contributed by atoms with Crippen molar-refractivity contribution in [1.29, 1.82) is 0 Å². The van der Waals surface area contributed by atoms with Crippen molar-refractivity contribution in [3.8, 4) is 0 Å². The number of carbonyl (C=O) groups is 1. The lowest BCUT2D eigenvalue weighted by molar-refractivity contribution is -0.134. The van der Waals surface area contributed by atoms with Gasteiger partial charge in [-0.1, -0.05) is 0 Å². The first-order valence-corrected chi connectivity index (χ1v) is 6.28. The highest BCUT2D eigenvalue weighted by Gasteiger charge is 2.52. The van der Waals surface area contributed by atoms with Gasteiger partial charge in [0.1, 0.15) is 0 Å². The first-order valence-electron chi connectivity index (χ1n) is 6.28. The number of nitrogens with zero attached hydrogens (tertiary/aromatic N) is 1. The zero-order valence-corrected chi connectivity index (χ0v) is 9.41. The van der Waals surface area contributed by atoms with E-state index < -0.39 is 0 Å². The van der Waals surface area contributed by atoms with Crippen molar-refractivity contribution in [3.05, 3.63) is 0 Å². The monoisotopic (exact) mass is 208 g/mol. The van der Waals surface area contributed by atoms with E-state index in [-0.39, 0.29) is 0 Å². The molecule has 3 fully saturated rings. The molecule has 15 heavy (non-hydrogen) atoms. The van der Waals surface area contributed by atoms with Gasteiger partial charge in [0.05, 0.1) is 0 Å². The van der Waals surface area contributed by atoms with E-state index in [4.69, 9.17) is 0 Å². The molecule has 0 spiro atoms. The summed E-state index contributed by atoms with van der Waals surface area (Å²) in [7, 11) is 0. The van der Waals surface area contributed by atoms with Crippen molar-refractivity contribution in [2.75, 3.05) is 19.6 Å². The zero-order valence-electron chi connectivity index (χ0n) is 9.41. The summed E-state index contributed by atoms with van der Waals surface area (Å²) >= 11 is 0. The summed E-state index contributed by atoms with van der Waals surface area (Å²) in [5, 5.41) is 3.38. The van der Waals surface area contributed by atoms with Gasteiger partial charge in [0.15, 0.2) is 0 Å². The van der Waals surface area contributed by atoms with Crippen molar-refractivity contribution in [1.82, 2.24) is 10.2 Å². The van der Waals surface area contributed by atoms with Crippen LogP contribution in [0.3, 0.4) is 0 Å². The summed E-state index contributed by atoms with van der Waals surface area (Å²) in [5.74, 6) is 2.53. The van der Waals surface area contributed by atoms with E-state index >= 15 is 0 Å². The second-order valence-electron chi connectivity index (χ2n) is 5.48. The Morgan fingerprint density at radius 2 is 2.20 bits per heavy atom. The molecule has 3 aliphatic rings. The minimum Gasteiger partial charge on any atom is -0.340 e. The number of piperazine rings is 1. The first-order chi connectivity index (χ1) is 7.25. The van der Waals surface area contributed by atoms with Crippen LogP contribution in [0.2, 0.25) is 0 Å². The van der Waals surface area contributed by atoms with Gasteiger partial charge in [0.2, 0.25) is 5.91 Å². The van der Waals surface area contributed by atoms with Gasteiger partial charge in [-0.25, -0.2) is 0 Å². The van der Waals surface area contributed by atoms with Crippen LogP contribution in [0.25, 0.3) is 0 Å². The van der Waals surface area contributed by atoms with Gasteiger partial charge in [0, 0.05) is 31.6 Å². The quantitative estimate of drug-likeness (QED) is 0.730. The van der Waals surface area contributed by atoms with Gasteiger partial charge in [-0.05, 0) is 38.0 Å². The minimum absolute atomic E-state index is 0.405. The van der Waals surface area contributed by atoms with Crippen LogP contribution >= 0.6 is 0 Å². The van der Waals surface area contributed by atoms with Crippen molar-refractivity contribution in [3.63, 3.8) is 0 Å². The molecule has 3 rings (SSSR count). The molecule has 1 N–H and O–H groups in total. The largest absolute Gasteiger partial charge is 0.340 e. The molecule has 1 amide bonds. The molecule has 3 unspecified atom stereocenters. The molecular weight excluding hydrogens is 188 g/mol. The topological polar surface area (TPSA) is 32.3 Å². The molecule has 0 aromatic carbocycles. The number of amides is 1. The summed E-state index contributed by atoms with van der Waals surface area (Å²) in [5.41, 5.74) is 0. The first kappa shape index (κ1) is 9.64. The summed E-state index contributed by atoms with van der Waals surface area (Å²) in [6, 6.07) is 0.473. The van der Waals surface area contributed by atoms with E-state index in [9.17, 15) is 4.79 Å². The molecular formula is C12H20N2O. The maximum absolute atomic E-state index is 12.1. The van der Waals surface area contributed by atoms with E-state index in [1.807, 2.05) is 0 Å². The lowest BCUT2D eigenvalue weighted by Gasteiger charge is -2.32. The van der Waals surface area contributed by atoms with E-state index in [2.05, 4.69) is 17.1 Å². The van der Waals surface area contributed by atoms with Gasteiger partial charge in [-0.2, -0.15) is 0 Å². The number of hydrogen-bond donors (Lipinski definition) is 1. The fourth-order valence-corrected chi connectivity index (χ4v) is 2.91. The molecule has 1 heterocycles. The summed E-state index contributed by atoms with van der Waals surface area (Å²) < 4.78 is 0. The molecule has 3 nitrogen and oxygen atoms in total. The average molecular weight is 208 g/mol. The van der Waals surface area contributed by atoms with E-state index in [1.165, 1.54) is 19.3 Å². The molecule has 0 radical (unpaired) electrons. The van der Waals surface area contributed by atoms with Crippen molar-refractivity contribution < 1.29 is 4.79 Å². The third kappa shape index (κ3) is 1.89. The number of carbonyl (C=O) groups excluding carboxylic acids is 1. The Balaban J connectivity index is 1.55. The minimum atomic E-state index is 0.405. The van der Waals surface area contributed by atoms with Crippen LogP contribution in [-0.4, -0.2) is 36.5 Å². The Morgan fingerprint density at radius 1 is 1.40 bits per heavy atom. The van der Waals surface area contributed by atoms with E-state index in [1.54, 1.807) is 0 Å². The molecule has 1 saturated heterocycles. The Bertz CT molecular complexity index is 275. The Hall–Kier alpha value is -0.570. The number of nitrogens with one attached hydrogen (secondary N) is 1. The molecule has 2 saturated carbocycles. The van der Waals surface area contributed by atoms with Gasteiger partial charge in [-0.15, -0.1) is 0 Å². The fraction of sp³-hybridized carbons (Fsp3) is 0.917. The molecule has 3 atom stereocenters. The molecule has 84 valence electrons. The average Bonchev–Trinajstić information content (AvgIpc) is 3.07. The maximum Gasteiger partial charge on any atom is 0.226 e. The summed E-state index contributed by atoms with van der Waals surface area (Å²) in [6.07, 6.45) is 3.95. The highest BCUT2D eigenvalue weighted by molar-refractivity contribution is 5.82. The highest BCUT2D eigenvalue weighted by Crippen LogP contribution is 2.54. The number of hydrogen-bond acceptors (Lipinski definition) is 2. The molecule has 3 heteroatoms. The van der Waals surface area contributed by atoms with Crippen LogP contribution in [-0.2, 0) is 4.79 Å². The van der Waals surface area contributed by atoms with Gasteiger partial charge >= 0.3 is 0 Å². The lowest BCUT2D eigenvalue weighted by atomic mass is 10.1. The maximum atomic E-state index is 12.1. The van der Waals surface area contributed by atoms with Crippen LogP contribution in [0.15, 0.2) is 0 Å². The zero-order chi connectivity index (χ0) is 10.4. The van der Waals surface area contributed by atoms with Crippen LogP contribution in [0, 0.1) is 17.8 Å². The van der Waals surface area contributed by atoms with Crippen LogP contribution in [0.1, 0.15) is 26.2 Å². The summed E-state index contributed by atoms with van der Waals surface area (Å²) in [4.78, 5) is 14.2. The second kappa shape index (κ2) is 3.48. The Labute approximate surface area is 91.2 Å². The van der Waals surface area contributed by atoms with Gasteiger partial charge in [-0.3, -0.25) is 4.79 Å². The van der Waals surface area contributed by atoms with Crippen LogP contribution < -0.4 is 5.32 Å². The highest BCUT2D eigenvalue weighted by atomic mass is 16.2. The van der Waals surface area contributed by atoms with Crippen LogP contribution in [0.5, 0.6) is 0 Å². The Kier molecular flexibility index (Phi) is 2.23. The predicted molar refractivity (Wildman–Crippen MR) is 58.4 cm³/mol. The second-order valence-corrected chi connectivity index (χ2v) is 5.48. The Morgan fingerprint density at radius 3 is 2.87 bits per heavy atom. The molecule has 0 aromatic rings. The lowest BCUT2D eigenvalue weighted by Crippen LogP contribution is -2.51. The third-order valence-electron chi connectivity index (χ3n) is 4.06. The van der Waals surface area contributed by atoms with E-state index in [0.717, 1.165) is 31.5 Å². The normalized spacial score (nSPS) is 40.3. The molecule has 2 aliphatic carbocycles. The number of rotatable bonds is 2. The van der Waals surface area contributed by atoms with Crippen molar-refractivity contribution in [2.24, 2.45) is 17.8 Å². The molecule has 0 bridgehead atoms. The van der Waals surface area contributed by atoms with Crippen LogP contribution in [0.4, 0.5) is 0 Å². The van der Waals surface area contributed by atoms with Crippen molar-refractivity contribution in [2.45, 2.75) is 32.2 Å². The molecule has 1 aliphatic heterocycles. The SMILES string of the molecule is CC1CN(C(=O)C2CC2C2CC2)CCN1. The fourth-order valence-electron chi connectivity index (χ4n) is 2.91. The van der Waals surface area contributed by atoms with Crippen molar-refractivity contribution >= 4 is 5.91 Å². The van der Waals surface area contributed by atoms with Gasteiger partial charge < -0.3 is 10.2 Å². The smallest absolute Gasteiger partial charge is 0.226 e. The standard InChI is InChI=1S/C12H20N2O/c1-8-7-14(5-4-13-8)12(15)11-6-10(11)9-2-3-9/h8-11,13H,2-7H2,1H3. The van der Waals surface area contributed by atoms with E-state index in [0.29, 0.717) is 17.9 Å². The van der Waals surface area contributed by atoms with Gasteiger partial charge in [0.25, 0.3) is 0 Å². The third-order valence-corrected chi connectivity index (χ3v) is 4.06. The predicted octanol–water partition coefficient (Wildman–Crippen LogP) is 0.853.